The van der Waals surface area contributed by atoms with Crippen molar-refractivity contribution in [2.24, 2.45) is 0 Å². The number of nitrogens with one attached hydrogen (secondary N) is 1. The van der Waals surface area contributed by atoms with E-state index in [1.807, 2.05) is 6.07 Å². The van der Waals surface area contributed by atoms with Crippen LogP contribution in [0.2, 0.25) is 0 Å². The quantitative estimate of drug-likeness (QED) is 0.673. The van der Waals surface area contributed by atoms with E-state index in [1.165, 1.54) is 6.33 Å². The Labute approximate surface area is 150 Å². The zero-order valence-electron chi connectivity index (χ0n) is 13.6. The molecule has 0 saturated carbocycles. The largest absolute Gasteiger partial charge is 0.508 e. The van der Waals surface area contributed by atoms with Crippen molar-refractivity contribution in [3.05, 3.63) is 42.7 Å². The van der Waals surface area contributed by atoms with Crippen molar-refractivity contribution in [1.29, 1.82) is 0 Å². The minimum atomic E-state index is 0. The molecule has 1 heterocycles. The summed E-state index contributed by atoms with van der Waals surface area (Å²) in [6.45, 7) is 0. The fourth-order valence-corrected chi connectivity index (χ4v) is 2.16. The van der Waals surface area contributed by atoms with E-state index in [1.54, 1.807) is 44.6 Å². The van der Waals surface area contributed by atoms with E-state index in [4.69, 9.17) is 9.47 Å². The van der Waals surface area contributed by atoms with Gasteiger partial charge in [0.2, 0.25) is 0 Å². The second-order valence-electron chi connectivity index (χ2n) is 4.62. The third kappa shape index (κ3) is 4.60. The topological polar surface area (TPSA) is 140 Å². The number of methoxy groups -OCH3 is 2. The molecule has 1 aromatic heterocycles. The summed E-state index contributed by atoms with van der Waals surface area (Å²) in [5.74, 6) is 2.09. The average molecular weight is 370 g/mol. The van der Waals surface area contributed by atoms with Gasteiger partial charge in [-0.1, -0.05) is 0 Å². The maximum absolute atomic E-state index is 9.34. The molecular weight excluding hydrogens is 350 g/mol. The number of phenols is 1. The number of aromatic nitrogens is 2. The SMILES string of the molecule is COc1cc2ncnc(Nc3ccc(O)cc3)c2cc1OC.Cl.O.O. The van der Waals surface area contributed by atoms with Crippen LogP contribution >= 0.6 is 12.4 Å². The molecule has 3 aromatic rings. The lowest BCUT2D eigenvalue weighted by molar-refractivity contribution is 0.356. The number of fused-ring (bicyclic) bond motifs is 1. The van der Waals surface area contributed by atoms with Crippen LogP contribution in [-0.4, -0.2) is 40.2 Å². The van der Waals surface area contributed by atoms with Gasteiger partial charge >= 0.3 is 0 Å². The van der Waals surface area contributed by atoms with Crippen LogP contribution in [0, 0.1) is 0 Å². The predicted molar refractivity (Wildman–Crippen MR) is 98.5 cm³/mol. The second kappa shape index (κ2) is 9.48. The molecular formula is C16H20ClN3O5. The smallest absolute Gasteiger partial charge is 0.162 e. The second-order valence-corrected chi connectivity index (χ2v) is 4.62. The Morgan fingerprint density at radius 2 is 1.52 bits per heavy atom. The summed E-state index contributed by atoms with van der Waals surface area (Å²) in [7, 11) is 3.17. The summed E-state index contributed by atoms with van der Waals surface area (Å²) in [5.41, 5.74) is 1.56. The van der Waals surface area contributed by atoms with Crippen LogP contribution in [0.5, 0.6) is 17.2 Å². The van der Waals surface area contributed by atoms with Crippen molar-refractivity contribution in [3.63, 3.8) is 0 Å². The van der Waals surface area contributed by atoms with Gasteiger partial charge in [0, 0.05) is 17.1 Å². The summed E-state index contributed by atoms with van der Waals surface area (Å²) in [4.78, 5) is 8.53. The van der Waals surface area contributed by atoms with E-state index < -0.39 is 0 Å². The summed E-state index contributed by atoms with van der Waals surface area (Å²) in [6.07, 6.45) is 1.48. The first-order valence-electron chi connectivity index (χ1n) is 6.64. The molecule has 2 aromatic carbocycles. The molecule has 0 bridgehead atoms. The molecule has 0 aliphatic carbocycles. The number of rotatable bonds is 4. The first-order valence-corrected chi connectivity index (χ1v) is 6.64. The van der Waals surface area contributed by atoms with Crippen LogP contribution in [0.25, 0.3) is 10.9 Å². The molecule has 25 heavy (non-hydrogen) atoms. The maximum Gasteiger partial charge on any atom is 0.162 e. The molecule has 3 rings (SSSR count). The van der Waals surface area contributed by atoms with Crippen LogP contribution < -0.4 is 14.8 Å². The number of ether oxygens (including phenoxy) is 2. The van der Waals surface area contributed by atoms with E-state index in [0.717, 1.165) is 16.6 Å². The van der Waals surface area contributed by atoms with E-state index in [9.17, 15) is 5.11 Å². The first kappa shape index (κ1) is 22.2. The van der Waals surface area contributed by atoms with Crippen molar-refractivity contribution in [2.45, 2.75) is 0 Å². The van der Waals surface area contributed by atoms with Gasteiger partial charge in [0.1, 0.15) is 17.9 Å². The lowest BCUT2D eigenvalue weighted by Crippen LogP contribution is -1.97. The summed E-state index contributed by atoms with van der Waals surface area (Å²) in [5, 5.41) is 13.4. The summed E-state index contributed by atoms with van der Waals surface area (Å²) >= 11 is 0. The van der Waals surface area contributed by atoms with Gasteiger partial charge in [0.25, 0.3) is 0 Å². The Kier molecular flexibility index (Phi) is 8.41. The van der Waals surface area contributed by atoms with E-state index >= 15 is 0 Å². The fraction of sp³-hybridized carbons (Fsp3) is 0.125. The van der Waals surface area contributed by atoms with Gasteiger partial charge in [0.05, 0.1) is 19.7 Å². The highest BCUT2D eigenvalue weighted by Crippen LogP contribution is 2.34. The molecule has 0 amide bonds. The van der Waals surface area contributed by atoms with Crippen molar-refractivity contribution >= 4 is 34.8 Å². The fourth-order valence-electron chi connectivity index (χ4n) is 2.16. The molecule has 0 atom stereocenters. The minimum absolute atomic E-state index is 0. The van der Waals surface area contributed by atoms with Gasteiger partial charge < -0.3 is 30.8 Å². The van der Waals surface area contributed by atoms with E-state index in [2.05, 4.69) is 15.3 Å². The predicted octanol–water partition coefficient (Wildman–Crippen LogP) is 1.87. The highest BCUT2D eigenvalue weighted by molar-refractivity contribution is 5.93. The number of benzene rings is 2. The zero-order chi connectivity index (χ0) is 15.5. The molecule has 0 spiro atoms. The highest BCUT2D eigenvalue weighted by Gasteiger charge is 2.11. The van der Waals surface area contributed by atoms with Crippen molar-refractivity contribution in [2.75, 3.05) is 19.5 Å². The molecule has 136 valence electrons. The number of halogens is 1. The summed E-state index contributed by atoms with van der Waals surface area (Å²) < 4.78 is 10.6. The Morgan fingerprint density at radius 1 is 0.920 bits per heavy atom. The van der Waals surface area contributed by atoms with Crippen LogP contribution in [-0.2, 0) is 0 Å². The van der Waals surface area contributed by atoms with Crippen LogP contribution in [0.15, 0.2) is 42.7 Å². The van der Waals surface area contributed by atoms with Crippen LogP contribution in [0.3, 0.4) is 0 Å². The molecule has 8 nitrogen and oxygen atoms in total. The third-order valence-corrected chi connectivity index (χ3v) is 3.27. The molecule has 0 aliphatic heterocycles. The molecule has 0 radical (unpaired) electrons. The molecule has 0 unspecified atom stereocenters. The van der Waals surface area contributed by atoms with Gasteiger partial charge in [-0.3, -0.25) is 0 Å². The monoisotopic (exact) mass is 369 g/mol. The third-order valence-electron chi connectivity index (χ3n) is 3.27. The van der Waals surface area contributed by atoms with E-state index in [-0.39, 0.29) is 29.1 Å². The molecule has 9 heteroatoms. The van der Waals surface area contributed by atoms with Crippen molar-refractivity contribution in [1.82, 2.24) is 9.97 Å². The number of phenolic OH excluding ortho intramolecular Hbond substituents is 1. The number of aromatic hydroxyl groups is 1. The van der Waals surface area contributed by atoms with Gasteiger partial charge in [-0.25, -0.2) is 9.97 Å². The van der Waals surface area contributed by atoms with Gasteiger partial charge in [-0.15, -0.1) is 12.4 Å². The van der Waals surface area contributed by atoms with Crippen molar-refractivity contribution < 1.29 is 25.5 Å². The Bertz CT molecular complexity index is 815. The molecule has 0 saturated heterocycles. The molecule has 6 N–H and O–H groups in total. The lowest BCUT2D eigenvalue weighted by atomic mass is 10.2. The zero-order valence-corrected chi connectivity index (χ0v) is 14.4. The van der Waals surface area contributed by atoms with Crippen LogP contribution in [0.4, 0.5) is 11.5 Å². The number of nitrogens with zero attached hydrogens (tertiary/aromatic N) is 2. The Morgan fingerprint density at radius 3 is 2.12 bits per heavy atom. The normalized spacial score (nSPS) is 9.20. The number of hydrogen-bond acceptors (Lipinski definition) is 6. The van der Waals surface area contributed by atoms with Crippen LogP contribution in [0.1, 0.15) is 0 Å². The first-order chi connectivity index (χ1) is 10.7. The van der Waals surface area contributed by atoms with Crippen molar-refractivity contribution in [3.8, 4) is 17.2 Å². The Balaban J connectivity index is 0.00000192. The lowest BCUT2D eigenvalue weighted by Gasteiger charge is -2.12. The molecule has 0 fully saturated rings. The van der Waals surface area contributed by atoms with Gasteiger partial charge in [0.15, 0.2) is 11.5 Å². The number of anilines is 2. The van der Waals surface area contributed by atoms with Gasteiger partial charge in [-0.2, -0.15) is 0 Å². The minimum Gasteiger partial charge on any atom is -0.508 e. The average Bonchev–Trinajstić information content (AvgIpc) is 2.56. The number of hydrogen-bond donors (Lipinski definition) is 2. The highest BCUT2D eigenvalue weighted by atomic mass is 35.5. The maximum atomic E-state index is 9.34. The van der Waals surface area contributed by atoms with Gasteiger partial charge in [-0.05, 0) is 30.3 Å². The van der Waals surface area contributed by atoms with E-state index in [0.29, 0.717) is 17.3 Å². The Hall–Kier alpha value is -2.81. The standard InChI is InChI=1S/C16H15N3O3.ClH.2H2O/c1-21-14-7-12-13(8-15(14)22-2)17-9-18-16(12)19-10-3-5-11(20)6-4-10;;;/h3-9,20H,1-2H3,(H,17,18,19);1H;2*1H2. The molecule has 0 aliphatic rings. The summed E-state index contributed by atoms with van der Waals surface area (Å²) in [6, 6.07) is 10.4.